The van der Waals surface area contributed by atoms with Gasteiger partial charge in [0.2, 0.25) is 10.0 Å². The molecule has 8 heteroatoms. The topological polar surface area (TPSA) is 93.9 Å². The quantitative estimate of drug-likeness (QED) is 0.649. The van der Waals surface area contributed by atoms with Gasteiger partial charge in [-0.15, -0.1) is 0 Å². The van der Waals surface area contributed by atoms with Crippen molar-refractivity contribution in [2.75, 3.05) is 33.3 Å². The molecule has 0 bridgehead atoms. The monoisotopic (exact) mass is 483 g/mol. The van der Waals surface area contributed by atoms with E-state index in [0.29, 0.717) is 17.9 Å². The summed E-state index contributed by atoms with van der Waals surface area (Å²) in [6.45, 7) is 5.45. The highest BCUT2D eigenvalue weighted by molar-refractivity contribution is 7.89. The summed E-state index contributed by atoms with van der Waals surface area (Å²) in [5.74, 6) is 0.974. The average Bonchev–Trinajstić information content (AvgIpc) is 3.64. The molecule has 4 rings (SSSR count). The van der Waals surface area contributed by atoms with Crippen LogP contribution in [-0.2, 0) is 10.0 Å². The second kappa shape index (κ2) is 10.0. The van der Waals surface area contributed by atoms with Gasteiger partial charge in [-0.3, -0.25) is 0 Å². The van der Waals surface area contributed by atoms with Crippen LogP contribution in [0.15, 0.2) is 47.4 Å². The van der Waals surface area contributed by atoms with E-state index in [-0.39, 0.29) is 30.1 Å². The summed E-state index contributed by atoms with van der Waals surface area (Å²) < 4.78 is 35.1. The van der Waals surface area contributed by atoms with E-state index in [1.54, 1.807) is 37.3 Å². The molecule has 0 unspecified atom stereocenters. The predicted octanol–water partition coefficient (Wildman–Crippen LogP) is 3.34. The molecule has 0 saturated heterocycles. The van der Waals surface area contributed by atoms with Crippen LogP contribution in [0.25, 0.3) is 11.1 Å². The molecule has 1 aliphatic heterocycles. The Morgan fingerprint density at radius 3 is 2.62 bits per heavy atom. The summed E-state index contributed by atoms with van der Waals surface area (Å²) in [4.78, 5) is 2.38. The number of aliphatic hydroxyl groups excluding tert-OH is 1. The number of hydrogen-bond acceptors (Lipinski definition) is 6. The fraction of sp³-hybridized carbons (Fsp3) is 0.500. The number of likely N-dealkylation sites (N-methyl/N-ethyl adjacent to an activating group) is 1. The molecule has 1 saturated carbocycles. The van der Waals surface area contributed by atoms with Gasteiger partial charge in [-0.25, -0.2) is 8.42 Å². The Morgan fingerprint density at radius 2 is 1.94 bits per heavy atom. The Hall–Kier alpha value is -2.44. The second-order valence-corrected chi connectivity index (χ2v) is 11.6. The molecular weight excluding hydrogens is 450 g/mol. The molecule has 3 atom stereocenters. The van der Waals surface area contributed by atoms with Gasteiger partial charge >= 0.3 is 0 Å². The minimum absolute atomic E-state index is 0.0795. The number of rotatable bonds is 7. The maximum Gasteiger partial charge on any atom is 0.247 e. The van der Waals surface area contributed by atoms with E-state index in [1.807, 2.05) is 19.1 Å². The van der Waals surface area contributed by atoms with Crippen molar-refractivity contribution < 1.29 is 18.3 Å². The zero-order valence-corrected chi connectivity index (χ0v) is 20.8. The molecule has 0 radical (unpaired) electrons. The fourth-order valence-corrected chi connectivity index (χ4v) is 6.34. The van der Waals surface area contributed by atoms with Gasteiger partial charge in [0.25, 0.3) is 0 Å². The second-order valence-electron chi connectivity index (χ2n) is 9.76. The largest absolute Gasteiger partial charge is 0.487 e. The number of ether oxygens (including phenoxy) is 1. The van der Waals surface area contributed by atoms with Crippen LogP contribution in [0, 0.1) is 23.2 Å². The molecule has 1 heterocycles. The molecule has 1 fully saturated rings. The van der Waals surface area contributed by atoms with Crippen molar-refractivity contribution >= 4 is 10.0 Å². The van der Waals surface area contributed by atoms with Crippen molar-refractivity contribution in [2.24, 2.45) is 11.8 Å². The van der Waals surface area contributed by atoms with Crippen LogP contribution in [0.2, 0.25) is 0 Å². The van der Waals surface area contributed by atoms with E-state index in [2.05, 4.69) is 18.0 Å². The molecule has 0 amide bonds. The maximum absolute atomic E-state index is 13.6. The van der Waals surface area contributed by atoms with Gasteiger partial charge in [-0.05, 0) is 68.1 Å². The standard InChI is InChI=1S/C26H33N3O4S/c1-18-14-29(19(2)17-30)34(31,32)26-10-9-23(22-6-4-5-21(11-22)13-27)12-24(26)33-25(18)16-28(3)15-20-7-8-20/h4-6,9-12,18-20,25,30H,7-8,14-17H2,1-3H3/t18-,19-,25-/m0/s1. The van der Waals surface area contributed by atoms with Crippen molar-refractivity contribution in [1.29, 1.82) is 5.26 Å². The van der Waals surface area contributed by atoms with E-state index >= 15 is 0 Å². The third-order valence-electron chi connectivity index (χ3n) is 6.75. The van der Waals surface area contributed by atoms with Crippen LogP contribution in [-0.4, -0.2) is 68.2 Å². The van der Waals surface area contributed by atoms with Crippen LogP contribution in [0.1, 0.15) is 32.3 Å². The van der Waals surface area contributed by atoms with Gasteiger partial charge < -0.3 is 14.7 Å². The van der Waals surface area contributed by atoms with E-state index in [4.69, 9.17) is 4.74 Å². The van der Waals surface area contributed by atoms with Crippen molar-refractivity contribution in [3.8, 4) is 22.9 Å². The third-order valence-corrected chi connectivity index (χ3v) is 8.77. The van der Waals surface area contributed by atoms with Crippen LogP contribution < -0.4 is 4.74 Å². The lowest BCUT2D eigenvalue weighted by Gasteiger charge is -2.37. The van der Waals surface area contributed by atoms with Crippen LogP contribution in [0.3, 0.4) is 0 Å². The molecule has 0 spiro atoms. The van der Waals surface area contributed by atoms with Crippen molar-refractivity contribution in [3.05, 3.63) is 48.0 Å². The highest BCUT2D eigenvalue weighted by Gasteiger charge is 2.38. The van der Waals surface area contributed by atoms with Crippen molar-refractivity contribution in [3.63, 3.8) is 0 Å². The lowest BCUT2D eigenvalue weighted by molar-refractivity contribution is 0.0741. The minimum Gasteiger partial charge on any atom is -0.487 e. The van der Waals surface area contributed by atoms with E-state index in [1.165, 1.54) is 17.1 Å². The SMILES string of the molecule is C[C@H]1CN([C@@H](C)CO)S(=O)(=O)c2ccc(-c3cccc(C#N)c3)cc2O[C@H]1CN(C)CC1CC1. The number of hydrogen-bond donors (Lipinski definition) is 1. The van der Waals surface area contributed by atoms with Gasteiger partial charge in [0.15, 0.2) is 0 Å². The number of fused-ring (bicyclic) bond motifs is 1. The highest BCUT2D eigenvalue weighted by atomic mass is 32.2. The highest BCUT2D eigenvalue weighted by Crippen LogP contribution is 2.37. The number of nitriles is 1. The Labute approximate surface area is 202 Å². The Bertz CT molecular complexity index is 1170. The molecule has 1 aliphatic carbocycles. The first-order chi connectivity index (χ1) is 16.2. The Morgan fingerprint density at radius 1 is 1.21 bits per heavy atom. The molecule has 34 heavy (non-hydrogen) atoms. The van der Waals surface area contributed by atoms with E-state index < -0.39 is 16.1 Å². The zero-order chi connectivity index (χ0) is 24.5. The number of nitrogens with zero attached hydrogens (tertiary/aromatic N) is 3. The summed E-state index contributed by atoms with van der Waals surface area (Å²) >= 11 is 0. The van der Waals surface area contributed by atoms with Crippen LogP contribution in [0.4, 0.5) is 0 Å². The van der Waals surface area contributed by atoms with Gasteiger partial charge in [0.1, 0.15) is 16.7 Å². The van der Waals surface area contributed by atoms with Gasteiger partial charge in [0.05, 0.1) is 18.2 Å². The molecule has 0 aromatic heterocycles. The molecule has 2 aliphatic rings. The number of aliphatic hydroxyl groups is 1. The van der Waals surface area contributed by atoms with E-state index in [0.717, 1.165) is 23.6 Å². The molecule has 2 aromatic carbocycles. The van der Waals surface area contributed by atoms with Crippen molar-refractivity contribution in [1.82, 2.24) is 9.21 Å². The normalized spacial score (nSPS) is 23.3. The van der Waals surface area contributed by atoms with Crippen molar-refractivity contribution in [2.45, 2.75) is 43.7 Å². The first-order valence-corrected chi connectivity index (χ1v) is 13.3. The average molecular weight is 484 g/mol. The van der Waals surface area contributed by atoms with E-state index in [9.17, 15) is 18.8 Å². The third kappa shape index (κ3) is 5.28. The van der Waals surface area contributed by atoms with Gasteiger partial charge in [0, 0.05) is 31.6 Å². The lowest BCUT2D eigenvalue weighted by Crippen LogP contribution is -2.49. The first-order valence-electron chi connectivity index (χ1n) is 11.9. The van der Waals surface area contributed by atoms with Gasteiger partial charge in [-0.1, -0.05) is 25.1 Å². The smallest absolute Gasteiger partial charge is 0.247 e. The molecule has 7 nitrogen and oxygen atoms in total. The maximum atomic E-state index is 13.6. The summed E-state index contributed by atoms with van der Waals surface area (Å²) in [5, 5.41) is 19.1. The number of benzene rings is 2. The fourth-order valence-electron chi connectivity index (χ4n) is 4.51. The first kappa shape index (κ1) is 24.7. The Balaban J connectivity index is 1.76. The molecular formula is C26H33N3O4S. The molecule has 2 aromatic rings. The zero-order valence-electron chi connectivity index (χ0n) is 20.0. The van der Waals surface area contributed by atoms with Crippen LogP contribution in [0.5, 0.6) is 5.75 Å². The summed E-state index contributed by atoms with van der Waals surface area (Å²) in [7, 11) is -1.79. The minimum atomic E-state index is -3.88. The summed E-state index contributed by atoms with van der Waals surface area (Å²) in [5.41, 5.74) is 2.14. The summed E-state index contributed by atoms with van der Waals surface area (Å²) in [6.07, 6.45) is 2.31. The predicted molar refractivity (Wildman–Crippen MR) is 131 cm³/mol. The molecule has 182 valence electrons. The molecule has 1 N–H and O–H groups in total. The lowest BCUT2D eigenvalue weighted by atomic mass is 10.0. The Kier molecular flexibility index (Phi) is 7.29. The van der Waals surface area contributed by atoms with Gasteiger partial charge in [-0.2, -0.15) is 9.57 Å². The summed E-state index contributed by atoms with van der Waals surface area (Å²) in [6, 6.07) is 13.9. The number of sulfonamides is 1. The van der Waals surface area contributed by atoms with Crippen LogP contribution >= 0.6 is 0 Å².